The molecule has 5 aliphatic carbocycles. The zero-order valence-electron chi connectivity index (χ0n) is 31.8. The van der Waals surface area contributed by atoms with Gasteiger partial charge in [-0.25, -0.2) is 17.9 Å². The smallest absolute Gasteiger partial charge is 0.330 e. The molecule has 3 aromatic carbocycles. The molecule has 0 atom stereocenters. The second-order valence-corrected chi connectivity index (χ2v) is 18.2. The minimum Gasteiger partial charge on any atom is -0.496 e. The van der Waals surface area contributed by atoms with Crippen molar-refractivity contribution in [3.63, 3.8) is 0 Å². The van der Waals surface area contributed by atoms with E-state index >= 15 is 0 Å². The number of methoxy groups -OCH3 is 2. The Kier molecular flexibility index (Phi) is 9.02. The topological polar surface area (TPSA) is 174 Å². The normalized spacial score (nSPS) is 24.6. The largest absolute Gasteiger partial charge is 0.496 e. The number of sulfone groups is 1. The Hall–Kier alpha value is -5.50. The van der Waals surface area contributed by atoms with Gasteiger partial charge in [-0.3, -0.25) is 19.3 Å². The molecule has 0 saturated heterocycles. The Morgan fingerprint density at radius 2 is 1.44 bits per heavy atom. The van der Waals surface area contributed by atoms with Gasteiger partial charge in [0.1, 0.15) is 17.0 Å². The minimum atomic E-state index is -3.99. The lowest BCUT2D eigenvalue weighted by atomic mass is 9.48. The van der Waals surface area contributed by atoms with Crippen molar-refractivity contribution >= 4 is 33.5 Å². The van der Waals surface area contributed by atoms with Crippen molar-refractivity contribution in [2.24, 2.45) is 23.7 Å². The fraction of sp³-hybridized carbons (Fsp3) is 0.419. The van der Waals surface area contributed by atoms with E-state index in [1.807, 2.05) is 0 Å². The van der Waals surface area contributed by atoms with Crippen LogP contribution in [-0.4, -0.2) is 84.0 Å². The number of nitrogens with zero attached hydrogens (tertiary/aromatic N) is 3. The second kappa shape index (κ2) is 13.9. The molecule has 1 aliphatic heterocycles. The number of carboxylic acid groups (broad SMARTS) is 1. The number of imide groups is 1. The van der Waals surface area contributed by atoms with Crippen LogP contribution in [0.15, 0.2) is 65.6 Å². The van der Waals surface area contributed by atoms with E-state index in [-0.39, 0.29) is 40.1 Å². The molecule has 4 bridgehead atoms. The van der Waals surface area contributed by atoms with Gasteiger partial charge in [0.2, 0.25) is 0 Å². The number of ether oxygens (including phenoxy) is 2. The number of hydrogen-bond donors (Lipinski definition) is 2. The van der Waals surface area contributed by atoms with Gasteiger partial charge in [0.05, 0.1) is 52.9 Å². The lowest BCUT2D eigenvalue weighted by Gasteiger charge is -2.59. The van der Waals surface area contributed by atoms with Crippen LogP contribution in [0.25, 0.3) is 16.9 Å². The summed E-state index contributed by atoms with van der Waals surface area (Å²) in [6.45, 7) is -0.290. The first-order valence-electron chi connectivity index (χ1n) is 19.7. The molecule has 296 valence electrons. The van der Waals surface area contributed by atoms with Gasteiger partial charge in [-0.05, 0) is 135 Å². The summed E-state index contributed by atoms with van der Waals surface area (Å²) in [7, 11) is -0.936. The SMILES string of the molecule is COc1cccc(OC)c1-c1cc(C(=O)NC2(C(=O)O)C3CC4CC(C3)CC2C4)nn1-c1ccc(S(=O)(=O)CCN2C(=O)c3ccccc3C2=O)c2c1CCCC2. The Labute approximate surface area is 330 Å². The van der Waals surface area contributed by atoms with Crippen LogP contribution in [0.4, 0.5) is 0 Å². The van der Waals surface area contributed by atoms with Gasteiger partial charge >= 0.3 is 5.97 Å². The number of nitrogens with one attached hydrogen (secondary N) is 1. The average molecular weight is 793 g/mol. The predicted octanol–water partition coefficient (Wildman–Crippen LogP) is 5.51. The number of hydrogen-bond acceptors (Lipinski definition) is 9. The van der Waals surface area contributed by atoms with Crippen LogP contribution in [0.1, 0.15) is 87.3 Å². The van der Waals surface area contributed by atoms with Crippen LogP contribution in [0.5, 0.6) is 11.5 Å². The number of carbonyl (C=O) groups is 4. The maximum absolute atomic E-state index is 14.4. The first kappa shape index (κ1) is 37.1. The van der Waals surface area contributed by atoms with Gasteiger partial charge in [0.25, 0.3) is 17.7 Å². The highest BCUT2D eigenvalue weighted by Gasteiger charge is 2.62. The van der Waals surface area contributed by atoms with Gasteiger partial charge < -0.3 is 19.9 Å². The molecule has 4 aromatic rings. The first-order chi connectivity index (χ1) is 27.4. The van der Waals surface area contributed by atoms with Gasteiger partial charge in [0.15, 0.2) is 15.5 Å². The van der Waals surface area contributed by atoms with Crippen molar-refractivity contribution < 1.29 is 42.2 Å². The maximum atomic E-state index is 14.4. The molecule has 57 heavy (non-hydrogen) atoms. The van der Waals surface area contributed by atoms with Crippen molar-refractivity contribution in [3.8, 4) is 28.4 Å². The highest BCUT2D eigenvalue weighted by molar-refractivity contribution is 7.91. The number of carboxylic acids is 1. The monoisotopic (exact) mass is 792 g/mol. The van der Waals surface area contributed by atoms with Gasteiger partial charge in [0, 0.05) is 6.54 Å². The van der Waals surface area contributed by atoms with Crippen LogP contribution in [-0.2, 0) is 27.5 Å². The fourth-order valence-electron chi connectivity index (χ4n) is 10.8. The Morgan fingerprint density at radius 1 is 0.842 bits per heavy atom. The number of rotatable bonds is 11. The van der Waals surface area contributed by atoms with E-state index in [2.05, 4.69) is 5.32 Å². The van der Waals surface area contributed by atoms with E-state index in [9.17, 15) is 32.7 Å². The minimum absolute atomic E-state index is 0.00888. The van der Waals surface area contributed by atoms with Crippen LogP contribution in [0, 0.1) is 23.7 Å². The number of benzene rings is 3. The number of fused-ring (bicyclic) bond motifs is 2. The zero-order valence-corrected chi connectivity index (χ0v) is 32.6. The molecule has 0 spiro atoms. The lowest BCUT2D eigenvalue weighted by Crippen LogP contribution is -2.70. The molecule has 4 fully saturated rings. The summed E-state index contributed by atoms with van der Waals surface area (Å²) in [6.07, 6.45) is 6.76. The molecule has 1 aromatic heterocycles. The molecule has 14 heteroatoms. The number of amides is 3. The molecule has 2 heterocycles. The molecular formula is C43H44N4O9S. The number of carbonyl (C=O) groups excluding carboxylic acids is 3. The van der Waals surface area contributed by atoms with Crippen molar-refractivity contribution in [1.82, 2.24) is 20.0 Å². The summed E-state index contributed by atoms with van der Waals surface area (Å²) < 4.78 is 41.4. The molecular weight excluding hydrogens is 749 g/mol. The predicted molar refractivity (Wildman–Crippen MR) is 207 cm³/mol. The molecule has 3 amide bonds. The van der Waals surface area contributed by atoms with Gasteiger partial charge in [-0.1, -0.05) is 18.2 Å². The third-order valence-electron chi connectivity index (χ3n) is 13.2. The van der Waals surface area contributed by atoms with E-state index in [1.54, 1.807) is 59.3 Å². The van der Waals surface area contributed by atoms with E-state index in [0.717, 1.165) is 55.4 Å². The van der Waals surface area contributed by atoms with E-state index in [1.165, 1.54) is 20.3 Å². The van der Waals surface area contributed by atoms with Crippen LogP contribution >= 0.6 is 0 Å². The highest BCUT2D eigenvalue weighted by atomic mass is 32.2. The summed E-state index contributed by atoms with van der Waals surface area (Å²) in [6, 6.07) is 16.6. The summed E-state index contributed by atoms with van der Waals surface area (Å²) in [5.41, 5.74) is 2.02. The zero-order chi connectivity index (χ0) is 39.8. The number of aliphatic carboxylic acids is 1. The van der Waals surface area contributed by atoms with Crippen molar-refractivity contribution in [1.29, 1.82) is 0 Å². The van der Waals surface area contributed by atoms with Crippen LogP contribution in [0.3, 0.4) is 0 Å². The first-order valence-corrected chi connectivity index (χ1v) is 21.3. The van der Waals surface area contributed by atoms with Crippen LogP contribution in [0.2, 0.25) is 0 Å². The third-order valence-corrected chi connectivity index (χ3v) is 15.0. The van der Waals surface area contributed by atoms with Gasteiger partial charge in [-0.15, -0.1) is 0 Å². The molecule has 2 N–H and O–H groups in total. The standard InChI is InChI=1S/C43H44N4O9S/c1-55-35-12-7-13-36(56-2)38(35)34-23-32(39(48)44-43(42(51)52)26-19-24-18-25(21-26)22-27(43)20-24)45-47(34)33-14-15-37(29-9-4-3-8-28(29)33)57(53,54)17-16-46-40(49)30-10-5-6-11-31(30)41(46)50/h5-7,10-15,23-27H,3-4,8-9,16-22H2,1-2H3,(H,44,48)(H,51,52). The highest BCUT2D eigenvalue weighted by Crippen LogP contribution is 2.58. The number of aromatic nitrogens is 2. The Morgan fingerprint density at radius 3 is 2.02 bits per heavy atom. The Bertz CT molecular complexity index is 2390. The molecule has 10 rings (SSSR count). The Balaban J connectivity index is 1.11. The van der Waals surface area contributed by atoms with Gasteiger partial charge in [-0.2, -0.15) is 5.10 Å². The van der Waals surface area contributed by atoms with Crippen molar-refractivity contribution in [2.75, 3.05) is 26.5 Å². The maximum Gasteiger partial charge on any atom is 0.330 e. The van der Waals surface area contributed by atoms with Crippen molar-refractivity contribution in [3.05, 3.63) is 88.6 Å². The lowest BCUT2D eigenvalue weighted by molar-refractivity contribution is -0.163. The summed E-state index contributed by atoms with van der Waals surface area (Å²) in [4.78, 5) is 54.8. The quantitative estimate of drug-likeness (QED) is 0.184. The second-order valence-electron chi connectivity index (χ2n) is 16.2. The summed E-state index contributed by atoms with van der Waals surface area (Å²) >= 11 is 0. The van der Waals surface area contributed by atoms with Crippen LogP contribution < -0.4 is 14.8 Å². The molecule has 0 radical (unpaired) electrons. The molecule has 0 unspecified atom stereocenters. The van der Waals surface area contributed by atoms with E-state index in [0.29, 0.717) is 58.7 Å². The molecule has 6 aliphatic rings. The average Bonchev–Trinajstić information content (AvgIpc) is 3.75. The molecule has 4 saturated carbocycles. The summed E-state index contributed by atoms with van der Waals surface area (Å²) in [5.74, 6) is -1.54. The third kappa shape index (κ3) is 5.85. The fourth-order valence-corrected chi connectivity index (χ4v) is 12.3. The van der Waals surface area contributed by atoms with E-state index < -0.39 is 44.8 Å². The molecule has 13 nitrogen and oxygen atoms in total. The summed E-state index contributed by atoms with van der Waals surface area (Å²) in [5, 5.41) is 18.7. The van der Waals surface area contributed by atoms with E-state index in [4.69, 9.17) is 14.6 Å². The van der Waals surface area contributed by atoms with Crippen molar-refractivity contribution in [2.45, 2.75) is 68.2 Å².